The average molecular weight is 1320 g/mol. The largest absolute Gasteiger partial charge is 0.309 e. The van der Waals surface area contributed by atoms with Gasteiger partial charge in [-0.3, -0.25) is 0 Å². The predicted octanol–water partition coefficient (Wildman–Crippen LogP) is 27.7. The molecule has 0 spiro atoms. The van der Waals surface area contributed by atoms with Crippen LogP contribution >= 0.6 is 35.3 Å². The van der Waals surface area contributed by atoms with E-state index >= 15 is 0 Å². The monoisotopic (exact) mass is 1320 g/mol. The van der Waals surface area contributed by atoms with Crippen molar-refractivity contribution in [3.05, 3.63) is 350 Å². The molecular formula is C92H74N2S3. The lowest BCUT2D eigenvalue weighted by Gasteiger charge is -2.36. The summed E-state index contributed by atoms with van der Waals surface area (Å²) in [5, 5.41) is 0. The molecule has 0 amide bonds. The maximum absolute atomic E-state index is 11.3. The van der Waals surface area contributed by atoms with Gasteiger partial charge < -0.3 is 9.80 Å². The first-order valence-electron chi connectivity index (χ1n) is 40.5. The van der Waals surface area contributed by atoms with Crippen molar-refractivity contribution >= 4 is 69.4 Å². The highest BCUT2D eigenvalue weighted by atomic mass is 32.2. The Balaban J connectivity index is 1.17. The smallest absolute Gasteiger partial charge is 0.0657 e. The van der Waals surface area contributed by atoms with Gasteiger partial charge in [-0.15, -0.1) is 0 Å². The number of nitrogens with zero attached hydrogens (tertiary/aromatic N) is 2. The SMILES string of the molecule is [2H]c1c([2H])c([2H])c(-c2c([2H])c([2H])c([2H])c(N(c3cc(N(c4c(-c5ccccc5)cccc4-c4ccccc4)c4c([2H])c5cc(c4[2H])Sc4cc(c([2H])c(-c6ccccc6)c4[2H])Sc4cc(c([2H])c(-c6ccccc6)c4[2H])S5)c([2H])c(C(C)(C)C)c3[2H])c3c(-c4ccccc4)cc(C(C)(C)C)cc3-c3ccccc3)c2[2H])c([2H])c1[2H]. The third kappa shape index (κ3) is 13.7. The van der Waals surface area contributed by atoms with Crippen LogP contribution in [0.3, 0.4) is 0 Å². The van der Waals surface area contributed by atoms with Crippen molar-refractivity contribution in [3.8, 4) is 77.9 Å². The molecule has 14 aromatic carbocycles. The number of anilines is 6. The Kier molecular flexibility index (Phi) is 12.8. The molecule has 0 radical (unpaired) electrons. The van der Waals surface area contributed by atoms with E-state index in [-0.39, 0.29) is 86.4 Å². The number of fused-ring (bicyclic) bond motifs is 6. The van der Waals surface area contributed by atoms with Gasteiger partial charge >= 0.3 is 0 Å². The molecule has 1 heterocycles. The van der Waals surface area contributed by atoms with E-state index in [1.165, 1.54) is 16.7 Å². The minimum Gasteiger partial charge on any atom is -0.309 e. The first-order valence-corrected chi connectivity index (χ1v) is 34.4. The molecule has 0 fully saturated rings. The standard InChI is InChI=1S/C92H74N2S3/c1-91(2,3)73-53-76(93(75-45-28-44-70(48-75)63-30-14-7-15-31-63)90-87(68-40-24-12-25-41-68)55-74(92(4,5)6)56-88(90)69-42-26-13-27-43-69)57-77(54-73)94(89-85(66-36-20-10-21-37-66)46-29-47-86(89)67-38-22-11-23-39-67)78-58-83-62-84(59-78)97-82-52-72(65-34-18-9-19-35-65)50-80(61-82)95-79-49-71(51-81(60-79)96-83)64-32-16-8-17-33-64/h7-62H,1-6H3/i7D,14D,15D,28D,30D,31D,44D,45D,48D,49D,50D,51D,52D,53D,54D,58D,59D. The van der Waals surface area contributed by atoms with Crippen LogP contribution in [0.25, 0.3) is 77.9 Å². The third-order valence-corrected chi connectivity index (χ3v) is 19.3. The molecule has 0 aromatic heterocycles. The van der Waals surface area contributed by atoms with E-state index < -0.39 is 82.0 Å². The van der Waals surface area contributed by atoms with Crippen LogP contribution in [-0.4, -0.2) is 0 Å². The summed E-state index contributed by atoms with van der Waals surface area (Å²) >= 11 is 3.33. The molecule has 6 bridgehead atoms. The van der Waals surface area contributed by atoms with E-state index in [0.717, 1.165) is 29.1 Å². The van der Waals surface area contributed by atoms with E-state index in [4.69, 9.17) is 4.11 Å². The van der Waals surface area contributed by atoms with Crippen LogP contribution in [0.2, 0.25) is 0 Å². The van der Waals surface area contributed by atoms with E-state index in [0.29, 0.717) is 92.0 Å². The minimum absolute atomic E-state index is 0.0236. The zero-order chi connectivity index (χ0) is 80.8. The maximum Gasteiger partial charge on any atom is 0.0657 e. The molecule has 0 aliphatic carbocycles. The Bertz CT molecular complexity index is 5910. The van der Waals surface area contributed by atoms with Gasteiger partial charge in [-0.25, -0.2) is 0 Å². The van der Waals surface area contributed by atoms with Gasteiger partial charge in [-0.1, -0.05) is 319 Å². The van der Waals surface area contributed by atoms with Gasteiger partial charge in [0.2, 0.25) is 0 Å². The second-order valence-electron chi connectivity index (χ2n) is 25.5. The molecule has 14 aromatic rings. The van der Waals surface area contributed by atoms with Crippen molar-refractivity contribution in [3.63, 3.8) is 0 Å². The Morgan fingerprint density at radius 2 is 0.598 bits per heavy atom. The predicted molar refractivity (Wildman–Crippen MR) is 417 cm³/mol. The van der Waals surface area contributed by atoms with Crippen LogP contribution in [0.4, 0.5) is 34.1 Å². The first-order chi connectivity index (χ1) is 54.5. The average Bonchev–Trinajstić information content (AvgIpc) is 0.711. The number of benzene rings is 14. The minimum atomic E-state index is -1.21. The van der Waals surface area contributed by atoms with Gasteiger partial charge in [0.25, 0.3) is 0 Å². The van der Waals surface area contributed by atoms with Crippen LogP contribution in [0.1, 0.15) is 76.0 Å². The van der Waals surface area contributed by atoms with E-state index in [2.05, 4.69) is 20.8 Å². The second kappa shape index (κ2) is 27.1. The molecular weight excluding hydrogens is 1230 g/mol. The highest BCUT2D eigenvalue weighted by Crippen LogP contribution is 2.55. The lowest BCUT2D eigenvalue weighted by atomic mass is 9.81. The Morgan fingerprint density at radius 1 is 0.247 bits per heavy atom. The number of hydrogen-bond donors (Lipinski definition) is 0. The van der Waals surface area contributed by atoms with Crippen molar-refractivity contribution in [2.45, 2.75) is 81.7 Å². The first kappa shape index (κ1) is 46.0. The van der Waals surface area contributed by atoms with E-state index in [9.17, 15) is 19.2 Å². The van der Waals surface area contributed by atoms with Crippen molar-refractivity contribution in [2.24, 2.45) is 0 Å². The quantitative estimate of drug-likeness (QED) is 0.113. The molecule has 470 valence electrons. The topological polar surface area (TPSA) is 6.48 Å². The van der Waals surface area contributed by atoms with Gasteiger partial charge in [-0.2, -0.15) is 0 Å². The van der Waals surface area contributed by atoms with Crippen molar-refractivity contribution < 1.29 is 23.3 Å². The zero-order valence-electron chi connectivity index (χ0n) is 71.1. The molecule has 1 aliphatic rings. The molecule has 0 saturated carbocycles. The summed E-state index contributed by atoms with van der Waals surface area (Å²) in [6.07, 6.45) is 0. The van der Waals surface area contributed by atoms with Gasteiger partial charge in [0.05, 0.1) is 34.7 Å². The Hall–Kier alpha value is -10.3. The van der Waals surface area contributed by atoms with Crippen LogP contribution in [0, 0.1) is 0 Å². The fourth-order valence-electron chi connectivity index (χ4n) is 11.9. The fraction of sp³-hybridized carbons (Fsp3) is 0.0870. The summed E-state index contributed by atoms with van der Waals surface area (Å²) in [4.78, 5) is 5.14. The van der Waals surface area contributed by atoms with Crippen molar-refractivity contribution in [1.82, 2.24) is 0 Å². The van der Waals surface area contributed by atoms with Crippen molar-refractivity contribution in [2.75, 3.05) is 9.80 Å². The van der Waals surface area contributed by atoms with Crippen LogP contribution in [-0.2, 0) is 10.8 Å². The fourth-order valence-corrected chi connectivity index (χ4v) is 14.8. The molecule has 97 heavy (non-hydrogen) atoms. The summed E-state index contributed by atoms with van der Waals surface area (Å²) in [5.41, 5.74) is 4.34. The summed E-state index contributed by atoms with van der Waals surface area (Å²) in [5.74, 6) is 0. The number of hydrogen-bond acceptors (Lipinski definition) is 5. The van der Waals surface area contributed by atoms with E-state index in [1.807, 2.05) is 233 Å². The summed E-state index contributed by atoms with van der Waals surface area (Å²) in [6, 6.07) is 65.0. The molecule has 5 heteroatoms. The van der Waals surface area contributed by atoms with Crippen LogP contribution in [0.15, 0.2) is 369 Å². The Labute approximate surface area is 609 Å². The van der Waals surface area contributed by atoms with Gasteiger partial charge in [0, 0.05) is 74.4 Å². The van der Waals surface area contributed by atoms with E-state index in [1.54, 1.807) is 29.2 Å². The maximum atomic E-state index is 11.3. The highest BCUT2D eigenvalue weighted by molar-refractivity contribution is 8.01. The van der Waals surface area contributed by atoms with Gasteiger partial charge in [0.15, 0.2) is 0 Å². The highest BCUT2D eigenvalue weighted by Gasteiger charge is 2.31. The molecule has 0 N–H and O–H groups in total. The molecule has 15 rings (SSSR count). The lowest BCUT2D eigenvalue weighted by molar-refractivity contribution is 0.590. The number of para-hydroxylation sites is 1. The molecule has 0 unspecified atom stereocenters. The lowest BCUT2D eigenvalue weighted by Crippen LogP contribution is -2.20. The summed E-state index contributed by atoms with van der Waals surface area (Å²) in [6.45, 7) is 11.8. The summed E-state index contributed by atoms with van der Waals surface area (Å²) < 4.78 is 172. The molecule has 2 nitrogen and oxygen atoms in total. The third-order valence-electron chi connectivity index (χ3n) is 16.7. The summed E-state index contributed by atoms with van der Waals surface area (Å²) in [7, 11) is 0. The Morgan fingerprint density at radius 3 is 1.00 bits per heavy atom. The van der Waals surface area contributed by atoms with Crippen LogP contribution < -0.4 is 9.80 Å². The van der Waals surface area contributed by atoms with Crippen molar-refractivity contribution in [1.29, 1.82) is 0 Å². The van der Waals surface area contributed by atoms with Gasteiger partial charge in [0.1, 0.15) is 0 Å². The molecule has 0 saturated heterocycles. The molecule has 0 atom stereocenters. The van der Waals surface area contributed by atoms with Crippen LogP contribution in [0.5, 0.6) is 0 Å². The number of rotatable bonds is 13. The molecule has 1 aliphatic heterocycles. The normalized spacial score (nSPS) is 14.6. The zero-order valence-corrected chi connectivity index (χ0v) is 56.6. The van der Waals surface area contributed by atoms with Gasteiger partial charge in [-0.05, 0) is 174 Å². The second-order valence-corrected chi connectivity index (χ2v) is 28.8.